The van der Waals surface area contributed by atoms with Gasteiger partial charge < -0.3 is 14.8 Å². The van der Waals surface area contributed by atoms with E-state index in [1.165, 1.54) is 6.07 Å². The lowest BCUT2D eigenvalue weighted by atomic mass is 10.1. The summed E-state index contributed by atoms with van der Waals surface area (Å²) >= 11 is 0. The van der Waals surface area contributed by atoms with Crippen molar-refractivity contribution < 1.29 is 18.3 Å². The van der Waals surface area contributed by atoms with Crippen LogP contribution in [0.1, 0.15) is 24.1 Å². The minimum atomic E-state index is -0.441. The number of halogens is 3. The van der Waals surface area contributed by atoms with E-state index in [1.54, 1.807) is 0 Å². The van der Waals surface area contributed by atoms with Crippen molar-refractivity contribution in [2.45, 2.75) is 19.5 Å². The highest BCUT2D eigenvalue weighted by Crippen LogP contribution is 2.34. The van der Waals surface area contributed by atoms with Gasteiger partial charge in [-0.1, -0.05) is 6.07 Å². The van der Waals surface area contributed by atoms with Crippen molar-refractivity contribution in [2.75, 3.05) is 6.79 Å². The number of ether oxygens (including phenoxy) is 2. The maximum atomic E-state index is 13.6. The third-order valence-corrected chi connectivity index (χ3v) is 3.50. The van der Waals surface area contributed by atoms with E-state index in [9.17, 15) is 8.78 Å². The molecule has 3 nitrogen and oxygen atoms in total. The molecule has 2 aromatic rings. The highest BCUT2D eigenvalue weighted by Gasteiger charge is 2.15. The summed E-state index contributed by atoms with van der Waals surface area (Å²) < 4.78 is 37.3. The van der Waals surface area contributed by atoms with Gasteiger partial charge in [-0.3, -0.25) is 0 Å². The zero-order valence-electron chi connectivity index (χ0n) is 11.9. The number of fused-ring (bicyclic) bond motifs is 1. The second kappa shape index (κ2) is 6.94. The van der Waals surface area contributed by atoms with Gasteiger partial charge in [-0.2, -0.15) is 0 Å². The molecule has 1 aliphatic rings. The largest absolute Gasteiger partial charge is 0.454 e. The van der Waals surface area contributed by atoms with E-state index in [0.717, 1.165) is 23.4 Å². The second-order valence-corrected chi connectivity index (χ2v) is 4.95. The minimum absolute atomic E-state index is 0. The maximum Gasteiger partial charge on any atom is 0.231 e. The molecule has 1 N–H and O–H groups in total. The standard InChI is InChI=1S/C16H15F2NO2.ClH/c1-10(11-2-5-15-16(7-11)21-9-20-15)19-8-12-6-13(17)3-4-14(12)18;/h2-7,10,19H,8-9H2,1H3;1H. The molecular formula is C16H16ClF2NO2. The first-order valence-corrected chi connectivity index (χ1v) is 6.70. The molecule has 1 aliphatic heterocycles. The van der Waals surface area contributed by atoms with Crippen LogP contribution in [0.15, 0.2) is 36.4 Å². The van der Waals surface area contributed by atoms with Gasteiger partial charge in [0.2, 0.25) is 6.79 Å². The molecule has 1 unspecified atom stereocenters. The predicted molar refractivity (Wildman–Crippen MR) is 81.4 cm³/mol. The molecule has 1 heterocycles. The Labute approximate surface area is 133 Å². The summed E-state index contributed by atoms with van der Waals surface area (Å²) in [6.45, 7) is 2.43. The lowest BCUT2D eigenvalue weighted by Gasteiger charge is -2.15. The molecule has 3 rings (SSSR count). The van der Waals surface area contributed by atoms with E-state index in [1.807, 2.05) is 25.1 Å². The molecule has 0 amide bonds. The molecule has 118 valence electrons. The van der Waals surface area contributed by atoms with E-state index in [0.29, 0.717) is 11.3 Å². The van der Waals surface area contributed by atoms with Crippen molar-refractivity contribution in [1.82, 2.24) is 5.32 Å². The topological polar surface area (TPSA) is 30.5 Å². The quantitative estimate of drug-likeness (QED) is 0.922. The molecule has 0 aliphatic carbocycles. The third kappa shape index (κ3) is 3.48. The van der Waals surface area contributed by atoms with Crippen LogP contribution < -0.4 is 14.8 Å². The van der Waals surface area contributed by atoms with Gasteiger partial charge in [0.1, 0.15) is 11.6 Å². The number of benzene rings is 2. The van der Waals surface area contributed by atoms with Gasteiger partial charge in [0.05, 0.1) is 0 Å². The first-order valence-electron chi connectivity index (χ1n) is 6.70. The summed E-state index contributed by atoms with van der Waals surface area (Å²) in [5, 5.41) is 3.17. The molecule has 0 saturated heterocycles. The molecule has 2 aromatic carbocycles. The van der Waals surface area contributed by atoms with Crippen molar-refractivity contribution >= 4 is 12.4 Å². The normalized spacial score (nSPS) is 13.6. The fourth-order valence-electron chi connectivity index (χ4n) is 2.24. The lowest BCUT2D eigenvalue weighted by molar-refractivity contribution is 0.174. The maximum absolute atomic E-state index is 13.6. The summed E-state index contributed by atoms with van der Waals surface area (Å²) in [5.74, 6) is 0.575. The number of nitrogens with one attached hydrogen (secondary N) is 1. The highest BCUT2D eigenvalue weighted by molar-refractivity contribution is 5.85. The van der Waals surface area contributed by atoms with Crippen molar-refractivity contribution in [3.8, 4) is 11.5 Å². The van der Waals surface area contributed by atoms with Gasteiger partial charge in [0.25, 0.3) is 0 Å². The number of rotatable bonds is 4. The van der Waals surface area contributed by atoms with Crippen LogP contribution in [0, 0.1) is 11.6 Å². The van der Waals surface area contributed by atoms with Crippen LogP contribution in [-0.4, -0.2) is 6.79 Å². The molecule has 0 fully saturated rings. The van der Waals surface area contributed by atoms with Gasteiger partial charge >= 0.3 is 0 Å². The molecule has 0 saturated carbocycles. The predicted octanol–water partition coefficient (Wildman–Crippen LogP) is 3.97. The van der Waals surface area contributed by atoms with Gasteiger partial charge in [0, 0.05) is 18.2 Å². The summed E-state index contributed by atoms with van der Waals surface area (Å²) in [4.78, 5) is 0. The monoisotopic (exact) mass is 327 g/mol. The van der Waals surface area contributed by atoms with E-state index in [2.05, 4.69) is 5.32 Å². The van der Waals surface area contributed by atoms with Crippen LogP contribution in [0.2, 0.25) is 0 Å². The fourth-order valence-corrected chi connectivity index (χ4v) is 2.24. The summed E-state index contributed by atoms with van der Waals surface area (Å²) in [5.41, 5.74) is 1.30. The average Bonchev–Trinajstić information content (AvgIpc) is 2.95. The Kier molecular flexibility index (Phi) is 5.21. The smallest absolute Gasteiger partial charge is 0.231 e. The second-order valence-electron chi connectivity index (χ2n) is 4.95. The molecule has 22 heavy (non-hydrogen) atoms. The first kappa shape index (κ1) is 16.5. The highest BCUT2D eigenvalue weighted by atomic mass is 35.5. The zero-order chi connectivity index (χ0) is 14.8. The van der Waals surface area contributed by atoms with Crippen LogP contribution in [0.25, 0.3) is 0 Å². The van der Waals surface area contributed by atoms with Crippen LogP contribution in [-0.2, 0) is 6.54 Å². The Hall–Kier alpha value is -1.85. The SMILES string of the molecule is CC(NCc1cc(F)ccc1F)c1ccc2c(c1)OCO2.Cl. The Bertz CT molecular complexity index is 667. The lowest BCUT2D eigenvalue weighted by Crippen LogP contribution is -2.18. The van der Waals surface area contributed by atoms with Crippen molar-refractivity contribution in [3.05, 3.63) is 59.2 Å². The summed E-state index contributed by atoms with van der Waals surface area (Å²) in [6, 6.07) is 9.09. The van der Waals surface area contributed by atoms with E-state index >= 15 is 0 Å². The van der Waals surface area contributed by atoms with Crippen molar-refractivity contribution in [2.24, 2.45) is 0 Å². The van der Waals surface area contributed by atoms with Crippen LogP contribution in [0.4, 0.5) is 8.78 Å². The molecule has 0 radical (unpaired) electrons. The van der Waals surface area contributed by atoms with Crippen molar-refractivity contribution in [3.63, 3.8) is 0 Å². The first-order chi connectivity index (χ1) is 10.1. The Balaban J connectivity index is 0.00000176. The van der Waals surface area contributed by atoms with E-state index in [-0.39, 0.29) is 31.8 Å². The molecule has 0 aromatic heterocycles. The van der Waals surface area contributed by atoms with E-state index in [4.69, 9.17) is 9.47 Å². The van der Waals surface area contributed by atoms with Gasteiger partial charge in [-0.05, 0) is 42.8 Å². The van der Waals surface area contributed by atoms with Crippen LogP contribution >= 0.6 is 12.4 Å². The Morgan fingerprint density at radius 3 is 2.68 bits per heavy atom. The van der Waals surface area contributed by atoms with Crippen LogP contribution in [0.3, 0.4) is 0 Å². The van der Waals surface area contributed by atoms with Gasteiger partial charge in [-0.25, -0.2) is 8.78 Å². The molecular weight excluding hydrogens is 312 g/mol. The fraction of sp³-hybridized carbons (Fsp3) is 0.250. The van der Waals surface area contributed by atoms with Gasteiger partial charge in [0.15, 0.2) is 11.5 Å². The van der Waals surface area contributed by atoms with Crippen molar-refractivity contribution in [1.29, 1.82) is 0 Å². The molecule has 0 spiro atoms. The third-order valence-electron chi connectivity index (χ3n) is 3.50. The minimum Gasteiger partial charge on any atom is -0.454 e. The summed E-state index contributed by atoms with van der Waals surface area (Å²) in [7, 11) is 0. The zero-order valence-corrected chi connectivity index (χ0v) is 12.8. The number of hydrogen-bond acceptors (Lipinski definition) is 3. The summed E-state index contributed by atoms with van der Waals surface area (Å²) in [6.07, 6.45) is 0. The molecule has 6 heteroatoms. The Morgan fingerprint density at radius 1 is 1.09 bits per heavy atom. The Morgan fingerprint density at radius 2 is 1.86 bits per heavy atom. The van der Waals surface area contributed by atoms with Crippen LogP contribution in [0.5, 0.6) is 11.5 Å². The van der Waals surface area contributed by atoms with E-state index < -0.39 is 11.6 Å². The van der Waals surface area contributed by atoms with Gasteiger partial charge in [-0.15, -0.1) is 12.4 Å². The molecule has 1 atom stereocenters. The number of hydrogen-bond donors (Lipinski definition) is 1. The average molecular weight is 328 g/mol. The molecule has 0 bridgehead atoms.